The SMILES string of the molecule is C[C@@H](Nc1cncc2nc(C3=CCN(C(=O)OC(C)(C)C)CC3)nn12)c1cc([N+](=O)[O-])cc(C(F)(F)F)c1. The molecule has 202 valence electrons. The maximum absolute atomic E-state index is 13.3. The molecule has 0 radical (unpaired) electrons. The van der Waals surface area contributed by atoms with Crippen molar-refractivity contribution in [3.05, 3.63) is 63.7 Å². The highest BCUT2D eigenvalue weighted by atomic mass is 19.4. The number of alkyl halides is 3. The van der Waals surface area contributed by atoms with Gasteiger partial charge in [-0.25, -0.2) is 9.78 Å². The van der Waals surface area contributed by atoms with Crippen molar-refractivity contribution in [3.63, 3.8) is 0 Å². The first-order valence-electron chi connectivity index (χ1n) is 11.7. The van der Waals surface area contributed by atoms with Crippen LogP contribution >= 0.6 is 0 Å². The Kier molecular flexibility index (Phi) is 7.00. The molecular weight excluding hydrogens is 507 g/mol. The van der Waals surface area contributed by atoms with Crippen LogP contribution in [-0.4, -0.2) is 54.2 Å². The number of halogens is 3. The first kappa shape index (κ1) is 26.8. The molecule has 2 aromatic heterocycles. The summed E-state index contributed by atoms with van der Waals surface area (Å²) in [5, 5.41) is 18.8. The van der Waals surface area contributed by atoms with Gasteiger partial charge in [0.2, 0.25) is 0 Å². The molecule has 0 aliphatic carbocycles. The molecule has 0 bridgehead atoms. The van der Waals surface area contributed by atoms with Gasteiger partial charge in [0.1, 0.15) is 11.4 Å². The van der Waals surface area contributed by atoms with Crippen LogP contribution in [0.2, 0.25) is 0 Å². The first-order chi connectivity index (χ1) is 17.7. The van der Waals surface area contributed by atoms with Gasteiger partial charge in [0.15, 0.2) is 11.5 Å². The summed E-state index contributed by atoms with van der Waals surface area (Å²) in [6.45, 7) is 7.72. The Balaban J connectivity index is 1.57. The molecule has 1 aliphatic heterocycles. The van der Waals surface area contributed by atoms with Crippen molar-refractivity contribution in [3.8, 4) is 0 Å². The molecule has 1 aromatic carbocycles. The average Bonchev–Trinajstić information content (AvgIpc) is 3.27. The van der Waals surface area contributed by atoms with E-state index >= 15 is 0 Å². The van der Waals surface area contributed by atoms with Gasteiger partial charge in [0, 0.05) is 25.2 Å². The number of nitrogens with one attached hydrogen (secondary N) is 1. The van der Waals surface area contributed by atoms with Crippen LogP contribution in [0.5, 0.6) is 0 Å². The van der Waals surface area contributed by atoms with E-state index < -0.39 is 40.1 Å². The third-order valence-corrected chi connectivity index (χ3v) is 5.74. The van der Waals surface area contributed by atoms with Crippen LogP contribution in [0.1, 0.15) is 57.1 Å². The fourth-order valence-corrected chi connectivity index (χ4v) is 3.87. The lowest BCUT2D eigenvalue weighted by atomic mass is 10.0. The van der Waals surface area contributed by atoms with Crippen molar-refractivity contribution in [1.29, 1.82) is 0 Å². The smallest absolute Gasteiger partial charge is 0.416 e. The number of benzene rings is 1. The van der Waals surface area contributed by atoms with Gasteiger partial charge in [-0.15, -0.1) is 5.10 Å². The fraction of sp³-hybridized carbons (Fsp3) is 0.417. The molecule has 4 rings (SSSR count). The number of non-ortho nitro benzene ring substituents is 1. The lowest BCUT2D eigenvalue weighted by Gasteiger charge is -2.29. The molecule has 0 spiro atoms. The molecule has 3 aromatic rings. The van der Waals surface area contributed by atoms with E-state index in [0.29, 0.717) is 42.9 Å². The van der Waals surface area contributed by atoms with Gasteiger partial charge in [0.05, 0.1) is 28.9 Å². The van der Waals surface area contributed by atoms with E-state index in [2.05, 4.69) is 20.4 Å². The fourth-order valence-electron chi connectivity index (χ4n) is 3.87. The summed E-state index contributed by atoms with van der Waals surface area (Å²) in [6, 6.07) is 1.71. The van der Waals surface area contributed by atoms with Crippen molar-refractivity contribution in [2.45, 2.75) is 51.9 Å². The highest BCUT2D eigenvalue weighted by Gasteiger charge is 2.33. The summed E-state index contributed by atoms with van der Waals surface area (Å²) in [6.07, 6.45) is 0.107. The summed E-state index contributed by atoms with van der Waals surface area (Å²) < 4.78 is 46.8. The summed E-state index contributed by atoms with van der Waals surface area (Å²) in [5.74, 6) is 0.757. The minimum Gasteiger partial charge on any atom is -0.444 e. The molecule has 1 aliphatic rings. The number of nitrogens with zero attached hydrogens (tertiary/aromatic N) is 6. The Hall–Kier alpha value is -4.23. The molecule has 0 fully saturated rings. The second-order valence-corrected chi connectivity index (χ2v) is 9.84. The Labute approximate surface area is 215 Å². The number of rotatable bonds is 5. The third kappa shape index (κ3) is 6.01. The van der Waals surface area contributed by atoms with Crippen LogP contribution in [0.3, 0.4) is 0 Å². The molecule has 1 atom stereocenters. The van der Waals surface area contributed by atoms with Crippen molar-refractivity contribution in [1.82, 2.24) is 24.5 Å². The number of carbonyl (C=O) groups excluding carboxylic acids is 1. The van der Waals surface area contributed by atoms with E-state index in [0.717, 1.165) is 17.7 Å². The number of ether oxygens (including phenoxy) is 1. The number of fused-ring (bicyclic) bond motifs is 1. The van der Waals surface area contributed by atoms with E-state index in [1.165, 1.54) is 16.9 Å². The molecule has 0 saturated heterocycles. The predicted octanol–water partition coefficient (Wildman–Crippen LogP) is 5.25. The van der Waals surface area contributed by atoms with Gasteiger partial charge >= 0.3 is 12.3 Å². The van der Waals surface area contributed by atoms with Crippen LogP contribution in [0.25, 0.3) is 11.2 Å². The summed E-state index contributed by atoms with van der Waals surface area (Å²) in [7, 11) is 0. The van der Waals surface area contributed by atoms with Crippen LogP contribution < -0.4 is 5.32 Å². The van der Waals surface area contributed by atoms with Crippen LogP contribution in [0.4, 0.5) is 29.5 Å². The number of amides is 1. The van der Waals surface area contributed by atoms with E-state index in [4.69, 9.17) is 4.74 Å². The number of hydrogen-bond donors (Lipinski definition) is 1. The van der Waals surface area contributed by atoms with Crippen LogP contribution in [0.15, 0.2) is 36.7 Å². The maximum atomic E-state index is 13.3. The largest absolute Gasteiger partial charge is 0.444 e. The standard InChI is InChI=1S/C24H26F3N7O4/c1-14(16-9-17(24(25,26)27)11-18(10-16)34(36)37)29-19-12-28-13-20-30-21(31-33(19)20)15-5-7-32(8-6-15)22(35)38-23(2,3)4/h5,9-14,29H,6-8H2,1-4H3/t14-/m1/s1. The van der Waals surface area contributed by atoms with Crippen LogP contribution in [-0.2, 0) is 10.9 Å². The number of nitro benzene ring substituents is 1. The minimum absolute atomic E-state index is 0.0705. The van der Waals surface area contributed by atoms with Gasteiger partial charge < -0.3 is 15.0 Å². The number of anilines is 1. The van der Waals surface area contributed by atoms with Crippen molar-refractivity contribution < 1.29 is 27.6 Å². The first-order valence-corrected chi connectivity index (χ1v) is 11.7. The molecule has 14 heteroatoms. The Morgan fingerprint density at radius 3 is 2.55 bits per heavy atom. The van der Waals surface area contributed by atoms with Gasteiger partial charge in [0.25, 0.3) is 5.69 Å². The monoisotopic (exact) mass is 533 g/mol. The van der Waals surface area contributed by atoms with Crippen molar-refractivity contribution in [2.24, 2.45) is 0 Å². The quantitative estimate of drug-likeness (QED) is 0.348. The molecule has 38 heavy (non-hydrogen) atoms. The van der Waals surface area contributed by atoms with Gasteiger partial charge in [-0.2, -0.15) is 17.7 Å². The highest BCUT2D eigenvalue weighted by molar-refractivity contribution is 5.71. The summed E-state index contributed by atoms with van der Waals surface area (Å²) >= 11 is 0. The van der Waals surface area contributed by atoms with E-state index in [9.17, 15) is 28.1 Å². The van der Waals surface area contributed by atoms with Gasteiger partial charge in [-0.3, -0.25) is 15.1 Å². The number of hydrogen-bond acceptors (Lipinski definition) is 8. The van der Waals surface area contributed by atoms with E-state index in [1.54, 1.807) is 32.6 Å². The molecule has 11 nitrogen and oxygen atoms in total. The Bertz CT molecular complexity index is 1410. The maximum Gasteiger partial charge on any atom is 0.416 e. The second-order valence-electron chi connectivity index (χ2n) is 9.84. The third-order valence-electron chi connectivity index (χ3n) is 5.74. The zero-order valence-electron chi connectivity index (χ0n) is 21.1. The minimum atomic E-state index is -4.74. The summed E-state index contributed by atoms with van der Waals surface area (Å²) in [4.78, 5) is 32.9. The van der Waals surface area contributed by atoms with Gasteiger partial charge in [-0.05, 0) is 51.3 Å². The lowest BCUT2D eigenvalue weighted by molar-refractivity contribution is -0.385. The average molecular weight is 534 g/mol. The zero-order valence-corrected chi connectivity index (χ0v) is 21.1. The Morgan fingerprint density at radius 2 is 1.95 bits per heavy atom. The van der Waals surface area contributed by atoms with E-state index in [1.807, 2.05) is 6.08 Å². The van der Waals surface area contributed by atoms with Crippen molar-refractivity contribution >= 4 is 28.8 Å². The predicted molar refractivity (Wildman–Crippen MR) is 131 cm³/mol. The Morgan fingerprint density at radius 1 is 1.21 bits per heavy atom. The second kappa shape index (κ2) is 9.91. The summed E-state index contributed by atoms with van der Waals surface area (Å²) in [5.41, 5.74) is -1.09. The number of carbonyl (C=O) groups is 1. The normalized spacial score (nSPS) is 15.2. The van der Waals surface area contributed by atoms with Gasteiger partial charge in [-0.1, -0.05) is 6.08 Å². The molecule has 1 N–H and O–H groups in total. The molecule has 0 unspecified atom stereocenters. The number of aromatic nitrogens is 4. The lowest BCUT2D eigenvalue weighted by Crippen LogP contribution is -2.39. The zero-order chi connectivity index (χ0) is 27.8. The van der Waals surface area contributed by atoms with Crippen molar-refractivity contribution in [2.75, 3.05) is 18.4 Å². The van der Waals surface area contributed by atoms with Crippen LogP contribution in [0, 0.1) is 10.1 Å². The van der Waals surface area contributed by atoms with E-state index in [-0.39, 0.29) is 5.56 Å². The molecule has 0 saturated carbocycles. The highest BCUT2D eigenvalue weighted by Crippen LogP contribution is 2.34. The molecular formula is C24H26F3N7O4. The topological polar surface area (TPSA) is 128 Å². The molecule has 3 heterocycles. The molecule has 1 amide bonds. The number of nitro groups is 1.